The summed E-state index contributed by atoms with van der Waals surface area (Å²) in [5, 5.41) is 23.5. The van der Waals surface area contributed by atoms with Gasteiger partial charge >= 0.3 is 0 Å². The number of nitrogens with zero attached hydrogens (tertiary/aromatic N) is 2. The molecule has 1 aliphatic carbocycles. The summed E-state index contributed by atoms with van der Waals surface area (Å²) in [5.74, 6) is -1.42. The van der Waals surface area contributed by atoms with Crippen molar-refractivity contribution in [1.82, 2.24) is 0 Å². The molecule has 2 aromatic rings. The molecule has 6 heteroatoms. The van der Waals surface area contributed by atoms with Crippen LogP contribution in [0.5, 0.6) is 0 Å². The molecule has 3 rings (SSSR count). The fourth-order valence-corrected chi connectivity index (χ4v) is 2.60. The zero-order valence-electron chi connectivity index (χ0n) is 13.2. The number of nitrogens with one attached hydrogen (secondary N) is 2. The van der Waals surface area contributed by atoms with E-state index in [2.05, 4.69) is 10.6 Å². The highest BCUT2D eigenvalue weighted by Gasteiger charge is 2.48. The van der Waals surface area contributed by atoms with E-state index >= 15 is 0 Å². The number of carbonyl (C=O) groups excluding carboxylic acids is 2. The smallest absolute Gasteiger partial charge is 0.228 e. The van der Waals surface area contributed by atoms with Gasteiger partial charge in [0, 0.05) is 0 Å². The Balaban J connectivity index is 1.62. The molecule has 0 saturated heterocycles. The van der Waals surface area contributed by atoms with Crippen LogP contribution in [-0.4, -0.2) is 11.8 Å². The summed E-state index contributed by atoms with van der Waals surface area (Å²) in [4.78, 5) is 24.6. The van der Waals surface area contributed by atoms with Crippen molar-refractivity contribution < 1.29 is 9.59 Å². The third-order valence-electron chi connectivity index (χ3n) is 4.07. The fourth-order valence-electron chi connectivity index (χ4n) is 2.60. The predicted molar refractivity (Wildman–Crippen MR) is 91.2 cm³/mol. The van der Waals surface area contributed by atoms with Crippen molar-refractivity contribution in [2.75, 3.05) is 10.6 Å². The first kappa shape index (κ1) is 16.2. The molecule has 122 valence electrons. The van der Waals surface area contributed by atoms with Gasteiger partial charge < -0.3 is 10.6 Å². The lowest BCUT2D eigenvalue weighted by Crippen LogP contribution is -2.21. The Hall–Kier alpha value is -3.64. The highest BCUT2D eigenvalue weighted by Crippen LogP contribution is 2.40. The Labute approximate surface area is 144 Å². The summed E-state index contributed by atoms with van der Waals surface area (Å²) in [6.07, 6.45) is 0.446. The van der Waals surface area contributed by atoms with E-state index in [-0.39, 0.29) is 11.8 Å². The normalized spacial score (nSPS) is 17.7. The van der Waals surface area contributed by atoms with Crippen LogP contribution in [-0.2, 0) is 9.59 Å². The maximum absolute atomic E-state index is 12.3. The number of nitriles is 2. The Morgan fingerprint density at radius 3 is 1.60 bits per heavy atom. The molecule has 1 aliphatic rings. The third-order valence-corrected chi connectivity index (χ3v) is 4.07. The van der Waals surface area contributed by atoms with Crippen LogP contribution >= 0.6 is 0 Å². The van der Waals surface area contributed by atoms with Gasteiger partial charge in [-0.05, 0) is 30.7 Å². The minimum atomic E-state index is -0.430. The van der Waals surface area contributed by atoms with Crippen molar-refractivity contribution in [1.29, 1.82) is 10.5 Å². The molecule has 1 fully saturated rings. The molecule has 6 nitrogen and oxygen atoms in total. The lowest BCUT2D eigenvalue weighted by atomic mass is 10.1. The van der Waals surface area contributed by atoms with Crippen LogP contribution in [0.15, 0.2) is 48.5 Å². The molecular weight excluding hydrogens is 316 g/mol. The molecule has 2 atom stereocenters. The number of hydrogen-bond acceptors (Lipinski definition) is 4. The second kappa shape index (κ2) is 6.86. The molecule has 2 amide bonds. The number of hydrogen-bond donors (Lipinski definition) is 2. The fraction of sp³-hybridized carbons (Fsp3) is 0.158. The second-order valence-corrected chi connectivity index (χ2v) is 5.74. The summed E-state index contributed by atoms with van der Waals surface area (Å²) in [6, 6.07) is 17.5. The Morgan fingerprint density at radius 1 is 0.800 bits per heavy atom. The van der Waals surface area contributed by atoms with Crippen LogP contribution in [0.1, 0.15) is 17.5 Å². The molecule has 0 heterocycles. The molecule has 2 N–H and O–H groups in total. The molecule has 25 heavy (non-hydrogen) atoms. The van der Waals surface area contributed by atoms with Crippen molar-refractivity contribution in [2.45, 2.75) is 6.42 Å². The van der Waals surface area contributed by atoms with E-state index in [9.17, 15) is 9.59 Å². The average molecular weight is 330 g/mol. The number of carbonyl (C=O) groups is 2. The summed E-state index contributed by atoms with van der Waals surface area (Å²) in [7, 11) is 0. The first-order valence-corrected chi connectivity index (χ1v) is 7.74. The average Bonchev–Trinajstić information content (AvgIpc) is 3.43. The van der Waals surface area contributed by atoms with Gasteiger partial charge in [0.2, 0.25) is 11.8 Å². The van der Waals surface area contributed by atoms with Crippen LogP contribution < -0.4 is 10.6 Å². The number of benzene rings is 2. The van der Waals surface area contributed by atoms with Gasteiger partial charge in [0.05, 0.1) is 34.3 Å². The minimum Gasteiger partial charge on any atom is -0.325 e. The van der Waals surface area contributed by atoms with E-state index in [0.717, 1.165) is 0 Å². The maximum Gasteiger partial charge on any atom is 0.228 e. The van der Waals surface area contributed by atoms with Gasteiger partial charge in [-0.25, -0.2) is 0 Å². The Kier molecular flexibility index (Phi) is 4.45. The Morgan fingerprint density at radius 2 is 1.20 bits per heavy atom. The second-order valence-electron chi connectivity index (χ2n) is 5.74. The summed E-state index contributed by atoms with van der Waals surface area (Å²) in [6.45, 7) is 0. The topological polar surface area (TPSA) is 106 Å². The molecule has 0 aliphatic heterocycles. The quantitative estimate of drug-likeness (QED) is 0.898. The summed E-state index contributed by atoms with van der Waals surface area (Å²) >= 11 is 0. The highest BCUT2D eigenvalue weighted by atomic mass is 16.2. The van der Waals surface area contributed by atoms with Crippen LogP contribution in [0.2, 0.25) is 0 Å². The van der Waals surface area contributed by atoms with Gasteiger partial charge in [-0.1, -0.05) is 24.3 Å². The number of para-hydroxylation sites is 2. The standard InChI is InChI=1S/C19H14N4O2/c20-10-12-5-1-3-7-16(12)22-18(24)14-9-15(14)19(25)23-17-8-4-2-6-13(17)11-21/h1-8,14-15H,9H2,(H,22,24)(H,23,25)/t14-,15-/m1/s1. The summed E-state index contributed by atoms with van der Waals surface area (Å²) < 4.78 is 0. The van der Waals surface area contributed by atoms with Crippen molar-refractivity contribution >= 4 is 23.2 Å². The molecule has 2 aromatic carbocycles. The molecule has 0 unspecified atom stereocenters. The summed E-state index contributed by atoms with van der Waals surface area (Å²) in [5.41, 5.74) is 1.63. The molecule has 0 spiro atoms. The lowest BCUT2D eigenvalue weighted by molar-refractivity contribution is -0.122. The monoisotopic (exact) mass is 330 g/mol. The van der Waals surface area contributed by atoms with E-state index in [1.165, 1.54) is 0 Å². The van der Waals surface area contributed by atoms with Gasteiger partial charge in [-0.2, -0.15) is 10.5 Å². The van der Waals surface area contributed by atoms with Gasteiger partial charge in [0.1, 0.15) is 12.1 Å². The number of rotatable bonds is 4. The lowest BCUT2D eigenvalue weighted by Gasteiger charge is -2.08. The first-order valence-electron chi connectivity index (χ1n) is 7.74. The maximum atomic E-state index is 12.3. The predicted octanol–water partition coefficient (Wildman–Crippen LogP) is 2.64. The zero-order valence-corrected chi connectivity index (χ0v) is 13.2. The van der Waals surface area contributed by atoms with Crippen LogP contribution in [0.25, 0.3) is 0 Å². The van der Waals surface area contributed by atoms with E-state index in [0.29, 0.717) is 28.9 Å². The van der Waals surface area contributed by atoms with Crippen LogP contribution in [0, 0.1) is 34.5 Å². The molecular formula is C19H14N4O2. The van der Waals surface area contributed by atoms with Crippen molar-refractivity contribution in [3.63, 3.8) is 0 Å². The highest BCUT2D eigenvalue weighted by molar-refractivity contribution is 6.04. The van der Waals surface area contributed by atoms with Crippen molar-refractivity contribution in [3.8, 4) is 12.1 Å². The Bertz CT molecular complexity index is 848. The molecule has 0 radical (unpaired) electrons. The van der Waals surface area contributed by atoms with Crippen LogP contribution in [0.3, 0.4) is 0 Å². The number of anilines is 2. The van der Waals surface area contributed by atoms with Gasteiger partial charge in [0.25, 0.3) is 0 Å². The molecule has 0 bridgehead atoms. The SMILES string of the molecule is N#Cc1ccccc1NC(=O)[C@@H]1C[C@H]1C(=O)Nc1ccccc1C#N. The third kappa shape index (κ3) is 3.49. The minimum absolute atomic E-state index is 0.281. The van der Waals surface area contributed by atoms with Gasteiger partial charge in [0.15, 0.2) is 0 Å². The number of amides is 2. The van der Waals surface area contributed by atoms with E-state index in [1.807, 2.05) is 12.1 Å². The molecule has 0 aromatic heterocycles. The van der Waals surface area contributed by atoms with E-state index < -0.39 is 11.8 Å². The zero-order chi connectivity index (χ0) is 17.8. The van der Waals surface area contributed by atoms with E-state index in [1.54, 1.807) is 48.5 Å². The van der Waals surface area contributed by atoms with Crippen LogP contribution in [0.4, 0.5) is 11.4 Å². The van der Waals surface area contributed by atoms with E-state index in [4.69, 9.17) is 10.5 Å². The first-order chi connectivity index (χ1) is 12.1. The largest absolute Gasteiger partial charge is 0.325 e. The van der Waals surface area contributed by atoms with Gasteiger partial charge in [-0.3, -0.25) is 9.59 Å². The molecule has 1 saturated carbocycles. The van der Waals surface area contributed by atoms with Crippen molar-refractivity contribution in [3.05, 3.63) is 59.7 Å². The van der Waals surface area contributed by atoms with Crippen molar-refractivity contribution in [2.24, 2.45) is 11.8 Å². The van der Waals surface area contributed by atoms with Gasteiger partial charge in [-0.15, -0.1) is 0 Å².